The van der Waals surface area contributed by atoms with Crippen molar-refractivity contribution in [2.24, 2.45) is 0 Å². The highest BCUT2D eigenvalue weighted by Gasteiger charge is 2.14. The van der Waals surface area contributed by atoms with E-state index < -0.39 is 0 Å². The predicted octanol–water partition coefficient (Wildman–Crippen LogP) is 9.64. The Morgan fingerprint density at radius 3 is 1.95 bits per heavy atom. The fourth-order valence-corrected chi connectivity index (χ4v) is 6.04. The molecule has 0 saturated carbocycles. The summed E-state index contributed by atoms with van der Waals surface area (Å²) in [6.07, 6.45) is 0. The number of aromatic nitrogens is 1. The van der Waals surface area contributed by atoms with Crippen LogP contribution >= 0.6 is 0 Å². The van der Waals surface area contributed by atoms with Gasteiger partial charge in [0.2, 0.25) is 0 Å². The van der Waals surface area contributed by atoms with Crippen LogP contribution in [0.3, 0.4) is 0 Å². The number of hydrogen-bond donors (Lipinski definition) is 1. The van der Waals surface area contributed by atoms with Crippen LogP contribution in [-0.2, 0) is 13.1 Å². The Labute approximate surface area is 238 Å². The molecular weight excluding hydrogens is 500 g/mol. The number of nitrogens with one attached hydrogen (secondary N) is 1. The maximum absolute atomic E-state index is 6.08. The third kappa shape index (κ3) is 4.19. The number of nitrogens with zero attached hydrogens (tertiary/aromatic N) is 1. The third-order valence-electron chi connectivity index (χ3n) is 8.08. The summed E-state index contributed by atoms with van der Waals surface area (Å²) in [5.74, 6) is 0. The summed E-state index contributed by atoms with van der Waals surface area (Å²) in [4.78, 5) is 0. The Morgan fingerprint density at radius 2 is 1.10 bits per heavy atom. The van der Waals surface area contributed by atoms with Gasteiger partial charge in [0.1, 0.15) is 11.2 Å². The molecule has 3 nitrogen and oxygen atoms in total. The average molecular weight is 529 g/mol. The minimum atomic E-state index is 0.831. The second-order valence-corrected chi connectivity index (χ2v) is 10.6. The average Bonchev–Trinajstić information content (AvgIpc) is 3.57. The molecule has 0 radical (unpaired) electrons. The first-order valence-corrected chi connectivity index (χ1v) is 14.1. The normalized spacial score (nSPS) is 11.7. The summed E-state index contributed by atoms with van der Waals surface area (Å²) in [5, 5.41) is 8.38. The van der Waals surface area contributed by atoms with Gasteiger partial charge in [-0.15, -0.1) is 0 Å². The van der Waals surface area contributed by atoms with Crippen molar-refractivity contribution in [3.63, 3.8) is 0 Å². The minimum Gasteiger partial charge on any atom is -0.456 e. The lowest BCUT2D eigenvalue weighted by Crippen LogP contribution is -2.12. The van der Waals surface area contributed by atoms with Crippen LogP contribution in [-0.4, -0.2) is 4.57 Å². The van der Waals surface area contributed by atoms with E-state index in [1.165, 1.54) is 44.1 Å². The van der Waals surface area contributed by atoms with Gasteiger partial charge in [0, 0.05) is 40.3 Å². The van der Waals surface area contributed by atoms with Gasteiger partial charge in [0.05, 0.1) is 11.0 Å². The summed E-state index contributed by atoms with van der Waals surface area (Å²) in [7, 11) is 0. The molecule has 0 bridgehead atoms. The van der Waals surface area contributed by atoms with E-state index in [0.29, 0.717) is 0 Å². The number of furan rings is 1. The van der Waals surface area contributed by atoms with Gasteiger partial charge in [0.15, 0.2) is 0 Å². The molecule has 0 aliphatic rings. The van der Waals surface area contributed by atoms with Crippen LogP contribution in [0.25, 0.3) is 60.6 Å². The molecule has 0 fully saturated rings. The summed E-state index contributed by atoms with van der Waals surface area (Å²) in [6, 6.07) is 49.8. The van der Waals surface area contributed by atoms with E-state index in [4.69, 9.17) is 4.42 Å². The number of para-hydroxylation sites is 2. The van der Waals surface area contributed by atoms with E-state index in [-0.39, 0.29) is 0 Å². The van der Waals surface area contributed by atoms with Crippen molar-refractivity contribution in [3.05, 3.63) is 151 Å². The van der Waals surface area contributed by atoms with Gasteiger partial charge in [-0.3, -0.25) is 0 Å². The molecule has 8 rings (SSSR count). The monoisotopic (exact) mass is 528 g/mol. The fraction of sp³-hybridized carbons (Fsp3) is 0.0526. The quantitative estimate of drug-likeness (QED) is 0.233. The van der Waals surface area contributed by atoms with Crippen molar-refractivity contribution in [3.8, 4) is 16.8 Å². The molecule has 0 atom stereocenters. The highest BCUT2D eigenvalue weighted by molar-refractivity contribution is 6.11. The van der Waals surface area contributed by atoms with Gasteiger partial charge in [-0.05, 0) is 64.7 Å². The molecule has 0 aliphatic heterocycles. The molecular formula is C38H28N2O. The van der Waals surface area contributed by atoms with Crippen LogP contribution in [0.2, 0.25) is 0 Å². The van der Waals surface area contributed by atoms with Crippen LogP contribution in [0.5, 0.6) is 0 Å². The highest BCUT2D eigenvalue weighted by Crippen LogP contribution is 2.37. The Balaban J connectivity index is 1.18. The third-order valence-corrected chi connectivity index (χ3v) is 8.08. The van der Waals surface area contributed by atoms with Crippen LogP contribution in [0, 0.1) is 0 Å². The van der Waals surface area contributed by atoms with Gasteiger partial charge in [-0.1, -0.05) is 97.1 Å². The molecule has 0 unspecified atom stereocenters. The summed E-state index contributed by atoms with van der Waals surface area (Å²) in [5.41, 5.74) is 10.4. The molecule has 196 valence electrons. The Bertz CT molecular complexity index is 2170. The number of rotatable bonds is 6. The van der Waals surface area contributed by atoms with Crippen molar-refractivity contribution in [2.45, 2.75) is 13.1 Å². The molecule has 2 aromatic heterocycles. The van der Waals surface area contributed by atoms with Crippen LogP contribution in [0.4, 0.5) is 0 Å². The predicted molar refractivity (Wildman–Crippen MR) is 170 cm³/mol. The number of fused-ring (bicyclic) bond motifs is 6. The first kappa shape index (κ1) is 23.7. The summed E-state index contributed by atoms with van der Waals surface area (Å²) in [6.45, 7) is 1.69. The maximum atomic E-state index is 6.08. The number of benzene rings is 6. The van der Waals surface area contributed by atoms with E-state index >= 15 is 0 Å². The number of hydrogen-bond acceptors (Lipinski definition) is 2. The van der Waals surface area contributed by atoms with Crippen LogP contribution in [0.15, 0.2) is 144 Å². The van der Waals surface area contributed by atoms with Gasteiger partial charge < -0.3 is 14.3 Å². The largest absolute Gasteiger partial charge is 0.456 e. The molecule has 6 aromatic carbocycles. The molecule has 0 saturated heterocycles. The smallest absolute Gasteiger partial charge is 0.135 e. The first-order valence-electron chi connectivity index (χ1n) is 14.1. The fourth-order valence-electron chi connectivity index (χ4n) is 6.04. The van der Waals surface area contributed by atoms with Crippen LogP contribution in [0.1, 0.15) is 11.1 Å². The van der Waals surface area contributed by atoms with Gasteiger partial charge in [0.25, 0.3) is 0 Å². The first-order chi connectivity index (χ1) is 20.3. The molecule has 3 heteroatoms. The van der Waals surface area contributed by atoms with Crippen molar-refractivity contribution >= 4 is 43.7 Å². The second kappa shape index (κ2) is 9.81. The molecule has 2 heterocycles. The van der Waals surface area contributed by atoms with Crippen LogP contribution < -0.4 is 5.32 Å². The molecule has 0 spiro atoms. The lowest BCUT2D eigenvalue weighted by Gasteiger charge is -2.11. The Kier molecular flexibility index (Phi) is 5.68. The zero-order valence-corrected chi connectivity index (χ0v) is 22.5. The van der Waals surface area contributed by atoms with E-state index in [1.54, 1.807) is 0 Å². The molecule has 0 aliphatic carbocycles. The van der Waals surface area contributed by atoms with E-state index in [9.17, 15) is 0 Å². The van der Waals surface area contributed by atoms with Gasteiger partial charge in [-0.25, -0.2) is 0 Å². The summed E-state index contributed by atoms with van der Waals surface area (Å²) >= 11 is 0. The minimum absolute atomic E-state index is 0.831. The standard InChI is InChI=1S/C38H28N2O/c1-2-8-26(9-3-1)24-39-25-27-14-18-30(19-15-27)40-35-12-6-4-10-31(35)32-20-16-29(23-36(32)40)28-17-21-38-34(22-28)33-11-5-7-13-37(33)41-38/h1-23,39H,24-25H2. The van der Waals surface area contributed by atoms with E-state index in [1.807, 2.05) is 12.1 Å². The van der Waals surface area contributed by atoms with Gasteiger partial charge >= 0.3 is 0 Å². The Hall–Kier alpha value is -5.12. The zero-order valence-electron chi connectivity index (χ0n) is 22.5. The topological polar surface area (TPSA) is 30.1 Å². The molecule has 8 aromatic rings. The van der Waals surface area contributed by atoms with Gasteiger partial charge in [-0.2, -0.15) is 0 Å². The van der Waals surface area contributed by atoms with Crippen molar-refractivity contribution in [1.82, 2.24) is 9.88 Å². The Morgan fingerprint density at radius 1 is 0.463 bits per heavy atom. The second-order valence-electron chi connectivity index (χ2n) is 10.6. The van der Waals surface area contributed by atoms with Crippen molar-refractivity contribution < 1.29 is 4.42 Å². The molecule has 1 N–H and O–H groups in total. The maximum Gasteiger partial charge on any atom is 0.135 e. The zero-order chi connectivity index (χ0) is 27.2. The lowest BCUT2D eigenvalue weighted by atomic mass is 10.0. The van der Waals surface area contributed by atoms with E-state index in [0.717, 1.165) is 40.7 Å². The molecule has 41 heavy (non-hydrogen) atoms. The van der Waals surface area contributed by atoms with Crippen molar-refractivity contribution in [1.29, 1.82) is 0 Å². The highest BCUT2D eigenvalue weighted by atomic mass is 16.3. The van der Waals surface area contributed by atoms with Crippen molar-refractivity contribution in [2.75, 3.05) is 0 Å². The lowest BCUT2D eigenvalue weighted by molar-refractivity contribution is 0.669. The van der Waals surface area contributed by atoms with E-state index in [2.05, 4.69) is 137 Å². The SMILES string of the molecule is c1ccc(CNCc2ccc(-n3c4ccccc4c4ccc(-c5ccc6oc7ccccc7c6c5)cc43)cc2)cc1. The summed E-state index contributed by atoms with van der Waals surface area (Å²) < 4.78 is 8.47. The molecule has 0 amide bonds.